The SMILES string of the molecule is Cc1cc2c(cc1C)N(c1[c-]c(Oc3[c-]c4c(cc3)c3ccccc3n4-c3cc(-n4c5c(-c6ccccc6)cccc5c5cccc(-c6ccccc6)c54)ccn3)cc(C(C)(C)C)c1)[CH-]N2C.[Pt]. The maximum Gasteiger partial charge on any atom is 0.137 e. The first-order chi connectivity index (χ1) is 32.6. The second kappa shape index (κ2) is 16.7. The molecule has 0 spiro atoms. The third-order valence-electron chi connectivity index (χ3n) is 13.4. The molecule has 0 bridgehead atoms. The van der Waals surface area contributed by atoms with Crippen molar-refractivity contribution in [3.8, 4) is 45.3 Å². The zero-order valence-corrected chi connectivity index (χ0v) is 41.1. The molecule has 12 rings (SSSR count). The first-order valence-corrected chi connectivity index (χ1v) is 22.9. The molecular weight excluding hydrogens is 1010 g/mol. The van der Waals surface area contributed by atoms with E-state index in [4.69, 9.17) is 9.72 Å². The van der Waals surface area contributed by atoms with Gasteiger partial charge in [-0.2, -0.15) is 12.7 Å². The Labute approximate surface area is 411 Å². The van der Waals surface area contributed by atoms with Gasteiger partial charge in [0.05, 0.1) is 16.7 Å². The van der Waals surface area contributed by atoms with E-state index in [1.54, 1.807) is 0 Å². The van der Waals surface area contributed by atoms with Gasteiger partial charge < -0.3 is 23.7 Å². The van der Waals surface area contributed by atoms with Gasteiger partial charge in [-0.05, 0) is 78.2 Å². The number of nitrogens with zero attached hydrogens (tertiary/aromatic N) is 5. The monoisotopic (exact) mass is 1060 g/mol. The Balaban J connectivity index is 0.00000507. The van der Waals surface area contributed by atoms with E-state index in [0.717, 1.165) is 78.1 Å². The van der Waals surface area contributed by atoms with Crippen molar-refractivity contribution in [2.45, 2.75) is 40.0 Å². The summed E-state index contributed by atoms with van der Waals surface area (Å²) in [7, 11) is 2.10. The molecule has 0 fully saturated rings. The number of aryl methyl sites for hydroxylation is 2. The number of hydrogen-bond donors (Lipinski definition) is 0. The number of benzene rings is 8. The van der Waals surface area contributed by atoms with Crippen molar-refractivity contribution in [1.29, 1.82) is 0 Å². The third-order valence-corrected chi connectivity index (χ3v) is 13.4. The predicted molar refractivity (Wildman–Crippen MR) is 277 cm³/mol. The number of para-hydroxylation sites is 3. The molecule has 1 aliphatic heterocycles. The van der Waals surface area contributed by atoms with Gasteiger partial charge in [0.15, 0.2) is 0 Å². The molecule has 68 heavy (non-hydrogen) atoms. The molecule has 7 heteroatoms. The number of aromatic nitrogens is 3. The number of ether oxygens (including phenoxy) is 1. The summed E-state index contributed by atoms with van der Waals surface area (Å²) >= 11 is 0. The summed E-state index contributed by atoms with van der Waals surface area (Å²) in [5.41, 5.74) is 16.6. The number of pyridine rings is 1. The Bertz CT molecular complexity index is 3640. The fourth-order valence-corrected chi connectivity index (χ4v) is 9.93. The summed E-state index contributed by atoms with van der Waals surface area (Å²) in [5.74, 6) is 2.00. The molecule has 3 aromatic heterocycles. The number of rotatable bonds is 7. The summed E-state index contributed by atoms with van der Waals surface area (Å²) in [5, 5.41) is 4.57. The average Bonchev–Trinajstić information content (AvgIpc) is 3.98. The van der Waals surface area contributed by atoms with Crippen LogP contribution in [0.1, 0.15) is 37.5 Å². The van der Waals surface area contributed by atoms with Gasteiger partial charge in [-0.15, -0.1) is 47.0 Å². The Hall–Kier alpha value is -7.40. The fraction of sp³-hybridized carbons (Fsp3) is 0.115. The Morgan fingerprint density at radius 2 is 1.18 bits per heavy atom. The molecule has 0 unspecified atom stereocenters. The number of hydrogen-bond acceptors (Lipinski definition) is 4. The summed E-state index contributed by atoms with van der Waals surface area (Å²) in [6.07, 6.45) is 1.93. The van der Waals surface area contributed by atoms with Crippen molar-refractivity contribution < 1.29 is 25.8 Å². The van der Waals surface area contributed by atoms with Crippen molar-refractivity contribution in [3.05, 3.63) is 212 Å². The van der Waals surface area contributed by atoms with E-state index in [1.165, 1.54) is 33.0 Å². The van der Waals surface area contributed by atoms with Gasteiger partial charge in [0.25, 0.3) is 0 Å². The van der Waals surface area contributed by atoms with Crippen LogP contribution >= 0.6 is 0 Å². The van der Waals surface area contributed by atoms with E-state index in [9.17, 15) is 0 Å². The topological polar surface area (TPSA) is 38.5 Å². The van der Waals surface area contributed by atoms with Gasteiger partial charge in [-0.25, -0.2) is 4.98 Å². The third kappa shape index (κ3) is 7.18. The summed E-state index contributed by atoms with van der Waals surface area (Å²) in [6.45, 7) is 13.2. The second-order valence-electron chi connectivity index (χ2n) is 18.8. The van der Waals surface area contributed by atoms with Crippen LogP contribution in [0, 0.1) is 32.6 Å². The van der Waals surface area contributed by atoms with E-state index in [2.05, 4.69) is 243 Å². The molecule has 0 N–H and O–H groups in total. The van der Waals surface area contributed by atoms with Gasteiger partial charge in [0, 0.05) is 83.6 Å². The van der Waals surface area contributed by atoms with Crippen LogP contribution in [-0.4, -0.2) is 21.2 Å². The largest absolute Gasteiger partial charge is 0.509 e. The van der Waals surface area contributed by atoms with E-state index in [0.29, 0.717) is 11.5 Å². The van der Waals surface area contributed by atoms with Gasteiger partial charge in [-0.1, -0.05) is 142 Å². The quantitative estimate of drug-likeness (QED) is 0.149. The predicted octanol–water partition coefficient (Wildman–Crippen LogP) is 15.6. The van der Waals surface area contributed by atoms with Crippen LogP contribution in [0.3, 0.4) is 0 Å². The van der Waals surface area contributed by atoms with Crippen molar-refractivity contribution in [2.24, 2.45) is 0 Å². The van der Waals surface area contributed by atoms with Crippen LogP contribution in [0.15, 0.2) is 176 Å². The molecule has 0 aliphatic carbocycles. The van der Waals surface area contributed by atoms with Gasteiger partial charge >= 0.3 is 0 Å². The Morgan fingerprint density at radius 1 is 0.559 bits per heavy atom. The molecule has 11 aromatic rings. The molecule has 1 aliphatic rings. The van der Waals surface area contributed by atoms with Crippen LogP contribution in [0.2, 0.25) is 0 Å². The Morgan fingerprint density at radius 3 is 1.84 bits per heavy atom. The number of anilines is 3. The van der Waals surface area contributed by atoms with Crippen LogP contribution < -0.4 is 14.5 Å². The van der Waals surface area contributed by atoms with E-state index >= 15 is 0 Å². The molecule has 6 nitrogen and oxygen atoms in total. The maximum atomic E-state index is 6.85. The number of fused-ring (bicyclic) bond motifs is 7. The molecule has 336 valence electrons. The molecule has 4 heterocycles. The minimum absolute atomic E-state index is 0. The van der Waals surface area contributed by atoms with E-state index < -0.39 is 0 Å². The van der Waals surface area contributed by atoms with E-state index in [1.807, 2.05) is 12.3 Å². The first kappa shape index (κ1) is 43.2. The summed E-state index contributed by atoms with van der Waals surface area (Å²) in [4.78, 5) is 9.52. The summed E-state index contributed by atoms with van der Waals surface area (Å²) < 4.78 is 11.5. The molecule has 0 radical (unpaired) electrons. The molecule has 0 saturated carbocycles. The van der Waals surface area contributed by atoms with Crippen molar-refractivity contribution >= 4 is 60.7 Å². The standard InChI is InChI=1S/C61H48N5O.Pt/c1-39-31-56-57(32-40(39)2)64(38-63(56)6)45-33-43(61(3,4)5)34-47(35-45)67-46-27-28-51-50-21-13-14-26-54(50)66(55(51)37-46)58-36-44(29-30-62-58)65-59-48(41-17-9-7-10-18-41)22-15-24-52(59)53-25-16-23-49(60(53)65)42-19-11-8-12-20-42;/h7-34,36,38H,1-6H3;/q-3;. The zero-order chi connectivity index (χ0) is 45.6. The van der Waals surface area contributed by atoms with Gasteiger partial charge in [0.2, 0.25) is 0 Å². The smallest absolute Gasteiger partial charge is 0.137 e. The van der Waals surface area contributed by atoms with Gasteiger partial charge in [-0.3, -0.25) is 0 Å². The average molecular weight is 1060 g/mol. The molecule has 8 aromatic carbocycles. The van der Waals surface area contributed by atoms with Crippen LogP contribution in [-0.2, 0) is 26.5 Å². The minimum atomic E-state index is -0.142. The van der Waals surface area contributed by atoms with Crippen LogP contribution in [0.25, 0.3) is 77.4 Å². The van der Waals surface area contributed by atoms with Crippen LogP contribution in [0.4, 0.5) is 17.1 Å². The van der Waals surface area contributed by atoms with Crippen molar-refractivity contribution in [3.63, 3.8) is 0 Å². The molecule has 0 amide bonds. The fourth-order valence-electron chi connectivity index (χ4n) is 9.93. The second-order valence-corrected chi connectivity index (χ2v) is 18.8. The molecule has 0 atom stereocenters. The normalized spacial score (nSPS) is 12.6. The Kier molecular flexibility index (Phi) is 10.6. The van der Waals surface area contributed by atoms with Crippen molar-refractivity contribution in [2.75, 3.05) is 16.8 Å². The summed E-state index contributed by atoms with van der Waals surface area (Å²) in [6, 6.07) is 68.0. The first-order valence-electron chi connectivity index (χ1n) is 22.9. The van der Waals surface area contributed by atoms with Crippen molar-refractivity contribution in [1.82, 2.24) is 14.1 Å². The molecular formula is C61H48N5OPt-3. The minimum Gasteiger partial charge on any atom is -0.509 e. The molecule has 0 saturated heterocycles. The maximum absolute atomic E-state index is 6.85. The zero-order valence-electron chi connectivity index (χ0n) is 38.8. The van der Waals surface area contributed by atoms with E-state index in [-0.39, 0.29) is 26.5 Å². The van der Waals surface area contributed by atoms with Crippen LogP contribution in [0.5, 0.6) is 11.5 Å². The van der Waals surface area contributed by atoms with Gasteiger partial charge in [0.1, 0.15) is 5.82 Å².